The van der Waals surface area contributed by atoms with Crippen molar-refractivity contribution in [2.45, 2.75) is 32.8 Å². The van der Waals surface area contributed by atoms with Gasteiger partial charge in [0.2, 0.25) is 5.91 Å². The van der Waals surface area contributed by atoms with Crippen LogP contribution < -0.4 is 5.32 Å². The summed E-state index contributed by atoms with van der Waals surface area (Å²) in [6, 6.07) is 1.80. The smallest absolute Gasteiger partial charge is 0.227 e. The molecule has 3 heterocycles. The number of nitrogens with zero attached hydrogens (tertiary/aromatic N) is 3. The molecule has 0 saturated carbocycles. The first-order valence-corrected chi connectivity index (χ1v) is 7.36. The molecule has 1 aliphatic rings. The molecule has 2 atom stereocenters. The molecule has 3 rings (SSSR count). The van der Waals surface area contributed by atoms with Crippen LogP contribution in [0.2, 0.25) is 0 Å². The van der Waals surface area contributed by atoms with Gasteiger partial charge in [-0.25, -0.2) is 9.50 Å². The number of carbonyl (C=O) groups is 1. The van der Waals surface area contributed by atoms with E-state index >= 15 is 0 Å². The Morgan fingerprint density at radius 2 is 2.38 bits per heavy atom. The summed E-state index contributed by atoms with van der Waals surface area (Å²) in [5.41, 5.74) is 1.33. The zero-order chi connectivity index (χ0) is 14.8. The van der Waals surface area contributed by atoms with Gasteiger partial charge in [-0.05, 0) is 24.8 Å². The van der Waals surface area contributed by atoms with Crippen LogP contribution in [0.1, 0.15) is 26.7 Å². The molecule has 0 aromatic carbocycles. The summed E-state index contributed by atoms with van der Waals surface area (Å²) in [6.07, 6.45) is 6.84. The molecule has 0 bridgehead atoms. The van der Waals surface area contributed by atoms with E-state index in [0.29, 0.717) is 23.9 Å². The lowest BCUT2D eigenvalue weighted by Gasteiger charge is -2.31. The topological polar surface area (TPSA) is 68.5 Å². The highest BCUT2D eigenvalue weighted by Crippen LogP contribution is 2.26. The third-order valence-corrected chi connectivity index (χ3v) is 3.97. The van der Waals surface area contributed by atoms with Crippen LogP contribution in [0.25, 0.3) is 5.65 Å². The van der Waals surface area contributed by atoms with Crippen molar-refractivity contribution in [2.24, 2.45) is 11.8 Å². The SMILES string of the molecule is CC(C)C1CC(C(=O)Nc2cnn3cccnc23)CCO1. The molecule has 6 nitrogen and oxygen atoms in total. The average Bonchev–Trinajstić information content (AvgIpc) is 2.91. The molecule has 0 aliphatic carbocycles. The summed E-state index contributed by atoms with van der Waals surface area (Å²) in [4.78, 5) is 16.7. The molecule has 112 valence electrons. The van der Waals surface area contributed by atoms with E-state index in [1.807, 2.05) is 0 Å². The molecule has 1 N–H and O–H groups in total. The Hall–Kier alpha value is -1.95. The van der Waals surface area contributed by atoms with E-state index in [-0.39, 0.29) is 17.9 Å². The Labute approximate surface area is 123 Å². The van der Waals surface area contributed by atoms with Gasteiger partial charge in [0.05, 0.1) is 12.3 Å². The van der Waals surface area contributed by atoms with Crippen LogP contribution in [-0.4, -0.2) is 33.2 Å². The first-order chi connectivity index (χ1) is 10.1. The van der Waals surface area contributed by atoms with Crippen molar-refractivity contribution >= 4 is 17.2 Å². The van der Waals surface area contributed by atoms with Crippen LogP contribution in [0.15, 0.2) is 24.7 Å². The van der Waals surface area contributed by atoms with Gasteiger partial charge in [0, 0.05) is 24.9 Å². The summed E-state index contributed by atoms with van der Waals surface area (Å²) in [5, 5.41) is 7.13. The van der Waals surface area contributed by atoms with Gasteiger partial charge in [0.15, 0.2) is 5.65 Å². The third kappa shape index (κ3) is 2.90. The number of nitrogens with one attached hydrogen (secondary N) is 1. The summed E-state index contributed by atoms with van der Waals surface area (Å²) in [6.45, 7) is 4.90. The highest BCUT2D eigenvalue weighted by atomic mass is 16.5. The minimum absolute atomic E-state index is 0.00943. The summed E-state index contributed by atoms with van der Waals surface area (Å²) in [5.74, 6) is 0.452. The van der Waals surface area contributed by atoms with Gasteiger partial charge in [-0.3, -0.25) is 4.79 Å². The van der Waals surface area contributed by atoms with E-state index in [0.717, 1.165) is 12.8 Å². The Bertz CT molecular complexity index is 637. The van der Waals surface area contributed by atoms with Crippen molar-refractivity contribution in [2.75, 3.05) is 11.9 Å². The van der Waals surface area contributed by atoms with E-state index in [4.69, 9.17) is 4.74 Å². The van der Waals surface area contributed by atoms with Crippen LogP contribution in [0.5, 0.6) is 0 Å². The van der Waals surface area contributed by atoms with Crippen molar-refractivity contribution in [1.29, 1.82) is 0 Å². The molecule has 2 unspecified atom stereocenters. The molecule has 1 amide bonds. The van der Waals surface area contributed by atoms with Gasteiger partial charge in [-0.1, -0.05) is 13.8 Å². The average molecular weight is 288 g/mol. The molecule has 21 heavy (non-hydrogen) atoms. The van der Waals surface area contributed by atoms with Gasteiger partial charge in [-0.2, -0.15) is 5.10 Å². The summed E-state index contributed by atoms with van der Waals surface area (Å²) in [7, 11) is 0. The lowest BCUT2D eigenvalue weighted by atomic mass is 9.89. The molecule has 1 fully saturated rings. The molecule has 1 aliphatic heterocycles. The Morgan fingerprint density at radius 1 is 1.52 bits per heavy atom. The Morgan fingerprint density at radius 3 is 3.19 bits per heavy atom. The molecular weight excluding hydrogens is 268 g/mol. The van der Waals surface area contributed by atoms with Crippen molar-refractivity contribution in [3.8, 4) is 0 Å². The van der Waals surface area contributed by atoms with E-state index < -0.39 is 0 Å². The van der Waals surface area contributed by atoms with Crippen LogP contribution >= 0.6 is 0 Å². The number of anilines is 1. The second-order valence-electron chi connectivity index (χ2n) is 5.81. The summed E-state index contributed by atoms with van der Waals surface area (Å²) < 4.78 is 7.37. The van der Waals surface area contributed by atoms with E-state index in [9.17, 15) is 4.79 Å². The highest BCUT2D eigenvalue weighted by Gasteiger charge is 2.29. The maximum atomic E-state index is 12.4. The van der Waals surface area contributed by atoms with E-state index in [2.05, 4.69) is 29.2 Å². The molecule has 0 spiro atoms. The minimum atomic E-state index is -0.00943. The van der Waals surface area contributed by atoms with Gasteiger partial charge in [0.25, 0.3) is 0 Å². The van der Waals surface area contributed by atoms with Crippen LogP contribution in [0, 0.1) is 11.8 Å². The van der Waals surface area contributed by atoms with Crippen molar-refractivity contribution in [3.05, 3.63) is 24.7 Å². The maximum absolute atomic E-state index is 12.4. The van der Waals surface area contributed by atoms with Crippen LogP contribution in [0.4, 0.5) is 5.69 Å². The van der Waals surface area contributed by atoms with Crippen molar-refractivity contribution in [1.82, 2.24) is 14.6 Å². The lowest BCUT2D eigenvalue weighted by Crippen LogP contribution is -2.35. The van der Waals surface area contributed by atoms with E-state index in [1.165, 1.54) is 0 Å². The van der Waals surface area contributed by atoms with Crippen LogP contribution in [0.3, 0.4) is 0 Å². The fourth-order valence-corrected chi connectivity index (χ4v) is 2.68. The number of carbonyl (C=O) groups excluding carboxylic acids is 1. The number of hydrogen-bond acceptors (Lipinski definition) is 4. The third-order valence-electron chi connectivity index (χ3n) is 3.97. The van der Waals surface area contributed by atoms with Crippen molar-refractivity contribution < 1.29 is 9.53 Å². The molecular formula is C15H20N4O2. The monoisotopic (exact) mass is 288 g/mol. The second kappa shape index (κ2) is 5.81. The zero-order valence-corrected chi connectivity index (χ0v) is 12.3. The predicted octanol–water partition coefficient (Wildman–Crippen LogP) is 2.12. The standard InChI is InChI=1S/C15H20N4O2/c1-10(2)13-8-11(4-7-21-13)15(20)18-12-9-17-19-6-3-5-16-14(12)19/h3,5-6,9-11,13H,4,7-8H2,1-2H3,(H,18,20). The largest absolute Gasteiger partial charge is 0.378 e. The number of aromatic nitrogens is 3. The molecule has 1 saturated heterocycles. The van der Waals surface area contributed by atoms with Gasteiger partial charge in [0.1, 0.15) is 5.69 Å². The van der Waals surface area contributed by atoms with E-state index in [1.54, 1.807) is 29.2 Å². The van der Waals surface area contributed by atoms with Gasteiger partial charge < -0.3 is 10.1 Å². The first kappa shape index (κ1) is 14.0. The molecule has 0 radical (unpaired) electrons. The summed E-state index contributed by atoms with van der Waals surface area (Å²) >= 11 is 0. The van der Waals surface area contributed by atoms with Gasteiger partial charge >= 0.3 is 0 Å². The quantitative estimate of drug-likeness (QED) is 0.939. The Balaban J connectivity index is 1.71. The molecule has 2 aromatic rings. The fourth-order valence-electron chi connectivity index (χ4n) is 2.68. The fraction of sp³-hybridized carbons (Fsp3) is 0.533. The number of amides is 1. The predicted molar refractivity (Wildman–Crippen MR) is 78.9 cm³/mol. The first-order valence-electron chi connectivity index (χ1n) is 7.36. The second-order valence-corrected chi connectivity index (χ2v) is 5.81. The number of fused-ring (bicyclic) bond motifs is 1. The highest BCUT2D eigenvalue weighted by molar-refractivity contribution is 5.95. The van der Waals surface area contributed by atoms with Gasteiger partial charge in [-0.15, -0.1) is 0 Å². The minimum Gasteiger partial charge on any atom is -0.378 e. The Kier molecular flexibility index (Phi) is 3.88. The van der Waals surface area contributed by atoms with Crippen LogP contribution in [-0.2, 0) is 9.53 Å². The zero-order valence-electron chi connectivity index (χ0n) is 12.3. The normalized spacial score (nSPS) is 22.6. The molecule has 6 heteroatoms. The number of hydrogen-bond donors (Lipinski definition) is 1. The number of ether oxygens (including phenoxy) is 1. The van der Waals surface area contributed by atoms with Crippen molar-refractivity contribution in [3.63, 3.8) is 0 Å². The lowest BCUT2D eigenvalue weighted by molar-refractivity contribution is -0.126. The maximum Gasteiger partial charge on any atom is 0.227 e. The molecule has 2 aromatic heterocycles. The number of rotatable bonds is 3.